The van der Waals surface area contributed by atoms with Crippen molar-refractivity contribution in [2.24, 2.45) is 17.8 Å². The molecule has 3 N–H and O–H groups in total. The van der Waals surface area contributed by atoms with Crippen LogP contribution in [0.1, 0.15) is 79.6 Å². The van der Waals surface area contributed by atoms with E-state index in [1.807, 2.05) is 19.1 Å². The van der Waals surface area contributed by atoms with Gasteiger partial charge in [0, 0.05) is 16.4 Å². The molecule has 4 amide bonds. The van der Waals surface area contributed by atoms with Gasteiger partial charge in [-0.3, -0.25) is 19.1 Å². The van der Waals surface area contributed by atoms with Gasteiger partial charge in [-0.2, -0.15) is 0 Å². The SMILES string of the molecule is C[C@@H]1CC/C=C\[C@@H]2C[C@@]2(C(=O)NS(=O)(=O)C2CC2)NC(=O)[C@@H]2C[C@@H](I)CN2C(=O)[C@@H](NC(=O)OC(C)(C)C)[C@H](C)C1. The van der Waals surface area contributed by atoms with Gasteiger partial charge in [-0.1, -0.05) is 48.6 Å². The van der Waals surface area contributed by atoms with Crippen LogP contribution < -0.4 is 15.4 Å². The molecular weight excluding hydrogens is 663 g/mol. The lowest BCUT2D eigenvalue weighted by Crippen LogP contribution is -2.59. The monoisotopic (exact) mass is 706 g/mol. The molecule has 2 saturated carbocycles. The molecule has 2 aliphatic heterocycles. The zero-order valence-electron chi connectivity index (χ0n) is 24.4. The third-order valence-electron chi connectivity index (χ3n) is 8.28. The Labute approximate surface area is 256 Å². The van der Waals surface area contributed by atoms with Gasteiger partial charge in [0.05, 0.1) is 5.25 Å². The van der Waals surface area contributed by atoms with E-state index in [-0.39, 0.29) is 34.0 Å². The molecule has 4 aliphatic rings. The first-order valence-electron chi connectivity index (χ1n) is 14.5. The molecule has 7 atom stereocenters. The standard InChI is InChI=1S/C28H43IN4O7S/c1-16-8-6-7-9-18-14-28(18,25(36)32-41(38,39)20-10-11-20)31-23(34)21-13-19(29)15-33(21)24(35)22(17(2)12-16)30-26(37)40-27(3,4)5/h7,9,16-22H,6,8,10-15H2,1-5H3,(H,30,37)(H,31,34)(H,32,36)/b9-7-/t16-,17-,18-,19-,21+,22+,28-/m1/s1. The number of hydrogen-bond acceptors (Lipinski definition) is 7. The number of sulfonamides is 1. The largest absolute Gasteiger partial charge is 0.444 e. The molecule has 0 aromatic rings. The normalized spacial score (nSPS) is 35.6. The van der Waals surface area contributed by atoms with Gasteiger partial charge in [0.2, 0.25) is 21.8 Å². The lowest BCUT2D eigenvalue weighted by molar-refractivity contribution is -0.142. The van der Waals surface area contributed by atoms with Gasteiger partial charge in [-0.15, -0.1) is 0 Å². The van der Waals surface area contributed by atoms with E-state index >= 15 is 0 Å². The van der Waals surface area contributed by atoms with Crippen LogP contribution in [0.4, 0.5) is 4.79 Å². The number of alkyl carbamates (subject to hydrolysis) is 1. The van der Waals surface area contributed by atoms with Crippen LogP contribution in [0, 0.1) is 17.8 Å². The number of ether oxygens (including phenoxy) is 1. The van der Waals surface area contributed by atoms with Crippen molar-refractivity contribution in [3.63, 3.8) is 0 Å². The number of carbonyl (C=O) groups is 4. The van der Waals surface area contributed by atoms with E-state index in [2.05, 4.69) is 44.9 Å². The Morgan fingerprint density at radius 1 is 1.15 bits per heavy atom. The zero-order valence-corrected chi connectivity index (χ0v) is 27.4. The van der Waals surface area contributed by atoms with E-state index in [1.54, 1.807) is 20.8 Å². The van der Waals surface area contributed by atoms with E-state index in [1.165, 1.54) is 4.90 Å². The quantitative estimate of drug-likeness (QED) is 0.231. The predicted molar refractivity (Wildman–Crippen MR) is 161 cm³/mol. The molecular formula is C28H43IN4O7S. The van der Waals surface area contributed by atoms with Crippen molar-refractivity contribution in [1.82, 2.24) is 20.3 Å². The molecule has 4 rings (SSSR count). The molecule has 0 unspecified atom stereocenters. The summed E-state index contributed by atoms with van der Waals surface area (Å²) in [5, 5.41) is 5.07. The summed E-state index contributed by atoms with van der Waals surface area (Å²) in [7, 11) is -3.80. The number of nitrogens with one attached hydrogen (secondary N) is 3. The summed E-state index contributed by atoms with van der Waals surface area (Å²) in [5.41, 5.74) is -2.14. The van der Waals surface area contributed by atoms with Gasteiger partial charge in [0.25, 0.3) is 5.91 Å². The second-order valence-corrected chi connectivity index (χ2v) is 17.0. The minimum absolute atomic E-state index is 0.0162. The molecule has 0 spiro atoms. The van der Waals surface area contributed by atoms with E-state index in [4.69, 9.17) is 4.74 Å². The van der Waals surface area contributed by atoms with Crippen LogP contribution in [-0.2, 0) is 29.1 Å². The molecule has 0 aromatic carbocycles. The van der Waals surface area contributed by atoms with Gasteiger partial charge >= 0.3 is 6.09 Å². The lowest BCUT2D eigenvalue weighted by atomic mass is 9.88. The number of nitrogens with zero attached hydrogens (tertiary/aromatic N) is 1. The van der Waals surface area contributed by atoms with Crippen molar-refractivity contribution in [2.45, 2.75) is 112 Å². The molecule has 41 heavy (non-hydrogen) atoms. The molecule has 1 saturated heterocycles. The van der Waals surface area contributed by atoms with Crippen LogP contribution in [0.15, 0.2) is 12.2 Å². The van der Waals surface area contributed by atoms with E-state index in [0.717, 1.165) is 12.8 Å². The highest BCUT2D eigenvalue weighted by atomic mass is 127. The number of carbonyl (C=O) groups excluding carboxylic acids is 4. The summed E-state index contributed by atoms with van der Waals surface area (Å²) in [6.07, 6.45) is 7.07. The lowest BCUT2D eigenvalue weighted by Gasteiger charge is -2.33. The van der Waals surface area contributed by atoms with Crippen molar-refractivity contribution in [3.8, 4) is 0 Å². The van der Waals surface area contributed by atoms with Crippen LogP contribution in [0.2, 0.25) is 0 Å². The number of allylic oxidation sites excluding steroid dienone is 1. The molecule has 3 fully saturated rings. The van der Waals surface area contributed by atoms with Crippen LogP contribution in [0.5, 0.6) is 0 Å². The molecule has 0 bridgehead atoms. The maximum atomic E-state index is 14.1. The molecule has 2 heterocycles. The number of fused-ring (bicyclic) bond motifs is 2. The summed E-state index contributed by atoms with van der Waals surface area (Å²) >= 11 is 2.20. The average molecular weight is 707 g/mol. The number of hydrogen-bond donors (Lipinski definition) is 3. The number of alkyl halides is 1. The fraction of sp³-hybridized carbons (Fsp3) is 0.786. The van der Waals surface area contributed by atoms with Crippen molar-refractivity contribution < 1.29 is 32.3 Å². The Morgan fingerprint density at radius 3 is 2.46 bits per heavy atom. The first-order chi connectivity index (χ1) is 19.0. The predicted octanol–water partition coefficient (Wildman–Crippen LogP) is 2.78. The first-order valence-corrected chi connectivity index (χ1v) is 17.3. The van der Waals surface area contributed by atoms with Crippen molar-refractivity contribution in [2.75, 3.05) is 6.54 Å². The Hall–Kier alpha value is -1.90. The minimum atomic E-state index is -3.80. The summed E-state index contributed by atoms with van der Waals surface area (Å²) in [4.78, 5) is 55.5. The highest BCUT2D eigenvalue weighted by Gasteiger charge is 2.62. The van der Waals surface area contributed by atoms with Gasteiger partial charge in [0.1, 0.15) is 23.2 Å². The van der Waals surface area contributed by atoms with Crippen molar-refractivity contribution in [1.29, 1.82) is 0 Å². The van der Waals surface area contributed by atoms with Gasteiger partial charge in [-0.05, 0) is 77.6 Å². The Kier molecular flexibility index (Phi) is 9.37. The van der Waals surface area contributed by atoms with E-state index in [0.29, 0.717) is 32.2 Å². The second-order valence-electron chi connectivity index (χ2n) is 13.2. The van der Waals surface area contributed by atoms with Crippen molar-refractivity contribution in [3.05, 3.63) is 12.2 Å². The smallest absolute Gasteiger partial charge is 0.408 e. The molecule has 0 aromatic heterocycles. The molecule has 0 radical (unpaired) electrons. The van der Waals surface area contributed by atoms with Crippen LogP contribution in [-0.4, -0.2) is 76.1 Å². The summed E-state index contributed by atoms with van der Waals surface area (Å²) in [5.74, 6) is -1.94. The number of amides is 4. The van der Waals surface area contributed by atoms with Gasteiger partial charge < -0.3 is 20.3 Å². The van der Waals surface area contributed by atoms with Crippen LogP contribution in [0.3, 0.4) is 0 Å². The summed E-state index contributed by atoms with van der Waals surface area (Å²) in [6.45, 7) is 9.58. The van der Waals surface area contributed by atoms with Gasteiger partial charge in [-0.25, -0.2) is 13.2 Å². The topological polar surface area (TPSA) is 151 Å². The van der Waals surface area contributed by atoms with Crippen molar-refractivity contribution >= 4 is 56.4 Å². The summed E-state index contributed by atoms with van der Waals surface area (Å²) < 4.78 is 32.8. The van der Waals surface area contributed by atoms with E-state index < -0.39 is 56.4 Å². The summed E-state index contributed by atoms with van der Waals surface area (Å²) in [6, 6.07) is -1.77. The van der Waals surface area contributed by atoms with Crippen LogP contribution >= 0.6 is 22.6 Å². The Bertz CT molecular complexity index is 1200. The molecule has 230 valence electrons. The zero-order chi connectivity index (χ0) is 30.3. The third-order valence-corrected chi connectivity index (χ3v) is 11.0. The maximum absolute atomic E-state index is 14.1. The number of rotatable bonds is 4. The molecule has 11 nitrogen and oxygen atoms in total. The number of halogens is 1. The first kappa shape index (κ1) is 32.0. The third kappa shape index (κ3) is 7.74. The highest BCUT2D eigenvalue weighted by Crippen LogP contribution is 2.46. The van der Waals surface area contributed by atoms with Crippen LogP contribution in [0.25, 0.3) is 0 Å². The fourth-order valence-corrected chi connectivity index (χ4v) is 8.10. The minimum Gasteiger partial charge on any atom is -0.444 e. The second kappa shape index (κ2) is 12.0. The molecule has 13 heteroatoms. The Balaban J connectivity index is 1.62. The fourth-order valence-electron chi connectivity index (χ4n) is 5.83. The van der Waals surface area contributed by atoms with Gasteiger partial charge in [0.15, 0.2) is 0 Å². The Morgan fingerprint density at radius 2 is 1.83 bits per heavy atom. The highest BCUT2D eigenvalue weighted by molar-refractivity contribution is 14.1. The molecule has 2 aliphatic carbocycles. The maximum Gasteiger partial charge on any atom is 0.408 e. The average Bonchev–Trinajstić information content (AvgIpc) is 3.76. The van der Waals surface area contributed by atoms with E-state index in [9.17, 15) is 27.6 Å².